The first-order chi connectivity index (χ1) is 13.8. The monoisotopic (exact) mass is 390 g/mol. The van der Waals surface area contributed by atoms with Crippen LogP contribution >= 0.6 is 11.6 Å². The lowest BCUT2D eigenvalue weighted by Crippen LogP contribution is -2.46. The SMILES string of the molecule is Clc1cccc(N2CCN(c3ncnc4ccc(-c5cn[nH]c5)cc34)CC2)c1. The lowest BCUT2D eigenvalue weighted by atomic mass is 10.1. The molecular weight excluding hydrogens is 372 g/mol. The van der Waals surface area contributed by atoms with Gasteiger partial charge in [-0.05, 0) is 35.9 Å². The van der Waals surface area contributed by atoms with Gasteiger partial charge in [0.15, 0.2) is 0 Å². The van der Waals surface area contributed by atoms with Crippen molar-refractivity contribution < 1.29 is 0 Å². The minimum Gasteiger partial charge on any atom is -0.368 e. The van der Waals surface area contributed by atoms with Crippen molar-refractivity contribution in [3.63, 3.8) is 0 Å². The number of benzene rings is 2. The highest BCUT2D eigenvalue weighted by Gasteiger charge is 2.20. The first-order valence-electron chi connectivity index (χ1n) is 9.27. The van der Waals surface area contributed by atoms with Crippen LogP contribution in [-0.4, -0.2) is 46.3 Å². The Morgan fingerprint density at radius 2 is 1.75 bits per heavy atom. The Labute approximate surface area is 167 Å². The van der Waals surface area contributed by atoms with Crippen LogP contribution in [0.4, 0.5) is 11.5 Å². The van der Waals surface area contributed by atoms with Gasteiger partial charge in [-0.15, -0.1) is 0 Å². The predicted molar refractivity (Wildman–Crippen MR) is 113 cm³/mol. The molecule has 3 heterocycles. The molecule has 0 spiro atoms. The van der Waals surface area contributed by atoms with Crippen molar-refractivity contribution >= 4 is 34.0 Å². The maximum Gasteiger partial charge on any atom is 0.140 e. The van der Waals surface area contributed by atoms with E-state index in [-0.39, 0.29) is 0 Å². The quantitative estimate of drug-likeness (QED) is 0.573. The summed E-state index contributed by atoms with van der Waals surface area (Å²) in [5, 5.41) is 8.76. The van der Waals surface area contributed by atoms with E-state index in [4.69, 9.17) is 11.6 Å². The fraction of sp³-hybridized carbons (Fsp3) is 0.190. The molecule has 0 bridgehead atoms. The van der Waals surface area contributed by atoms with Crippen molar-refractivity contribution in [1.82, 2.24) is 20.2 Å². The minimum absolute atomic E-state index is 0.772. The molecule has 140 valence electrons. The third-order valence-electron chi connectivity index (χ3n) is 5.20. The van der Waals surface area contributed by atoms with Crippen LogP contribution < -0.4 is 9.80 Å². The van der Waals surface area contributed by atoms with E-state index in [9.17, 15) is 0 Å². The molecule has 0 amide bonds. The highest BCUT2D eigenvalue weighted by atomic mass is 35.5. The van der Waals surface area contributed by atoms with Crippen molar-refractivity contribution in [2.75, 3.05) is 36.0 Å². The molecular formula is C21H19ClN6. The first-order valence-corrected chi connectivity index (χ1v) is 9.65. The van der Waals surface area contributed by atoms with Gasteiger partial charge in [0, 0.05) is 54.0 Å². The molecule has 1 fully saturated rings. The summed E-state index contributed by atoms with van der Waals surface area (Å²) in [5.41, 5.74) is 4.29. The molecule has 1 aliphatic rings. The Hall–Kier alpha value is -3.12. The molecule has 6 nitrogen and oxygen atoms in total. The van der Waals surface area contributed by atoms with Crippen LogP contribution in [0.2, 0.25) is 5.02 Å². The van der Waals surface area contributed by atoms with Crippen LogP contribution in [-0.2, 0) is 0 Å². The highest BCUT2D eigenvalue weighted by molar-refractivity contribution is 6.30. The maximum absolute atomic E-state index is 6.15. The van der Waals surface area contributed by atoms with Gasteiger partial charge in [0.05, 0.1) is 11.7 Å². The van der Waals surface area contributed by atoms with E-state index >= 15 is 0 Å². The summed E-state index contributed by atoms with van der Waals surface area (Å²) in [4.78, 5) is 13.8. The molecule has 4 aromatic rings. The van der Waals surface area contributed by atoms with E-state index in [1.54, 1.807) is 6.33 Å². The van der Waals surface area contributed by atoms with Gasteiger partial charge in [0.2, 0.25) is 0 Å². The zero-order valence-corrected chi connectivity index (χ0v) is 16.0. The maximum atomic E-state index is 6.15. The Kier molecular flexibility index (Phi) is 4.33. The fourth-order valence-electron chi connectivity index (χ4n) is 3.73. The summed E-state index contributed by atoms with van der Waals surface area (Å²) in [6.45, 7) is 3.64. The molecule has 0 unspecified atom stereocenters. The number of halogens is 1. The third-order valence-corrected chi connectivity index (χ3v) is 5.43. The Balaban J connectivity index is 1.43. The molecule has 2 aromatic carbocycles. The average molecular weight is 391 g/mol. The van der Waals surface area contributed by atoms with Crippen LogP contribution in [0.3, 0.4) is 0 Å². The molecule has 1 N–H and O–H groups in total. The summed E-state index contributed by atoms with van der Waals surface area (Å²) >= 11 is 6.15. The summed E-state index contributed by atoms with van der Waals surface area (Å²) in [6, 6.07) is 14.3. The van der Waals surface area contributed by atoms with Gasteiger partial charge >= 0.3 is 0 Å². The number of anilines is 2. The second-order valence-corrected chi connectivity index (χ2v) is 7.31. The topological polar surface area (TPSA) is 60.9 Å². The molecule has 2 aromatic heterocycles. The van der Waals surface area contributed by atoms with Gasteiger partial charge in [-0.3, -0.25) is 5.10 Å². The van der Waals surface area contributed by atoms with Gasteiger partial charge in [-0.2, -0.15) is 5.10 Å². The van der Waals surface area contributed by atoms with E-state index in [2.05, 4.69) is 48.2 Å². The number of hydrogen-bond acceptors (Lipinski definition) is 5. The molecule has 0 aliphatic carbocycles. The number of aromatic amines is 1. The normalized spacial score (nSPS) is 14.6. The van der Waals surface area contributed by atoms with Gasteiger partial charge in [-0.25, -0.2) is 9.97 Å². The van der Waals surface area contributed by atoms with Gasteiger partial charge < -0.3 is 9.80 Å². The zero-order valence-electron chi connectivity index (χ0n) is 15.2. The molecule has 0 radical (unpaired) electrons. The summed E-state index contributed by atoms with van der Waals surface area (Å²) < 4.78 is 0. The third kappa shape index (κ3) is 3.16. The number of nitrogens with zero attached hydrogens (tertiary/aromatic N) is 5. The van der Waals surface area contributed by atoms with E-state index in [1.807, 2.05) is 36.7 Å². The molecule has 1 aliphatic heterocycles. The summed E-state index contributed by atoms with van der Waals surface area (Å²) in [5.74, 6) is 0.987. The molecule has 0 atom stereocenters. The number of nitrogens with one attached hydrogen (secondary N) is 1. The lowest BCUT2D eigenvalue weighted by Gasteiger charge is -2.37. The number of piperazine rings is 1. The Morgan fingerprint density at radius 3 is 2.54 bits per heavy atom. The molecule has 0 saturated carbocycles. The van der Waals surface area contributed by atoms with Gasteiger partial charge in [0.25, 0.3) is 0 Å². The largest absolute Gasteiger partial charge is 0.368 e. The van der Waals surface area contributed by atoms with Gasteiger partial charge in [-0.1, -0.05) is 23.7 Å². The minimum atomic E-state index is 0.772. The molecule has 7 heteroatoms. The zero-order chi connectivity index (χ0) is 18.9. The smallest absolute Gasteiger partial charge is 0.140 e. The molecule has 5 rings (SSSR count). The number of rotatable bonds is 3. The lowest BCUT2D eigenvalue weighted by molar-refractivity contribution is 0.649. The molecule has 1 saturated heterocycles. The highest BCUT2D eigenvalue weighted by Crippen LogP contribution is 2.29. The fourth-order valence-corrected chi connectivity index (χ4v) is 3.92. The van der Waals surface area contributed by atoms with Crippen LogP contribution in [0.25, 0.3) is 22.0 Å². The van der Waals surface area contributed by atoms with E-state index in [1.165, 1.54) is 5.69 Å². The Morgan fingerprint density at radius 1 is 0.893 bits per heavy atom. The van der Waals surface area contributed by atoms with Crippen molar-refractivity contribution in [3.05, 3.63) is 66.2 Å². The second kappa shape index (κ2) is 7.13. The number of hydrogen-bond donors (Lipinski definition) is 1. The first kappa shape index (κ1) is 17.0. The standard InChI is InChI=1S/C21H19ClN6/c22-17-2-1-3-18(11-17)27-6-8-28(9-7-27)21-19-10-15(16-12-25-26-13-16)4-5-20(19)23-14-24-21/h1-5,10-14H,6-9H2,(H,25,26). The van der Waals surface area contributed by atoms with Crippen LogP contribution in [0.5, 0.6) is 0 Å². The van der Waals surface area contributed by atoms with Crippen LogP contribution in [0, 0.1) is 0 Å². The van der Waals surface area contributed by atoms with Crippen molar-refractivity contribution in [2.45, 2.75) is 0 Å². The average Bonchev–Trinajstić information content (AvgIpc) is 3.28. The van der Waals surface area contributed by atoms with E-state index in [0.29, 0.717) is 0 Å². The number of H-pyrrole nitrogens is 1. The Bertz CT molecular complexity index is 1100. The molecule has 28 heavy (non-hydrogen) atoms. The van der Waals surface area contributed by atoms with Crippen LogP contribution in [0.15, 0.2) is 61.2 Å². The van der Waals surface area contributed by atoms with E-state index in [0.717, 1.165) is 59.0 Å². The van der Waals surface area contributed by atoms with Crippen LogP contribution in [0.1, 0.15) is 0 Å². The summed E-state index contributed by atoms with van der Waals surface area (Å²) in [6.07, 6.45) is 5.38. The number of fused-ring (bicyclic) bond motifs is 1. The van der Waals surface area contributed by atoms with E-state index < -0.39 is 0 Å². The van der Waals surface area contributed by atoms with Gasteiger partial charge in [0.1, 0.15) is 12.1 Å². The second-order valence-electron chi connectivity index (χ2n) is 6.87. The number of aromatic nitrogens is 4. The predicted octanol–water partition coefficient (Wildman–Crippen LogP) is 4.00. The summed E-state index contributed by atoms with van der Waals surface area (Å²) in [7, 11) is 0. The van der Waals surface area contributed by atoms with Crippen molar-refractivity contribution in [2.24, 2.45) is 0 Å². The van der Waals surface area contributed by atoms with Crippen molar-refractivity contribution in [1.29, 1.82) is 0 Å². The van der Waals surface area contributed by atoms with Crippen molar-refractivity contribution in [3.8, 4) is 11.1 Å².